The maximum atomic E-state index is 12.3. The van der Waals surface area contributed by atoms with Gasteiger partial charge in [0.2, 0.25) is 23.6 Å². The van der Waals surface area contributed by atoms with E-state index in [0.717, 1.165) is 0 Å². The molecule has 4 atom stereocenters. The molecule has 49 heavy (non-hydrogen) atoms. The number of nitrogens with zero attached hydrogens (tertiary/aromatic N) is 2. The van der Waals surface area contributed by atoms with Crippen LogP contribution in [0.5, 0.6) is 0 Å². The number of aliphatic carboxylic acids is 2. The van der Waals surface area contributed by atoms with Gasteiger partial charge in [-0.15, -0.1) is 0 Å². The first kappa shape index (κ1) is 44.6. The number of aromatic amines is 2. The number of carboxylic acids is 2. The Balaban J connectivity index is 0.000000922. The zero-order valence-electron chi connectivity index (χ0n) is 27.0. The standard InChI is InChI=1S/2C14H24N6O4.Mn/c2*15-4-2-1-3-10(14(23)24)20-13(22)11(19-12(21)6-16)5-9-7-17-8-18-9;/h2*7-8,10-11H,1-6,15-16H2,(H,17,18)(H,19,21)(H,20,22)(H,23,24);/q;;+2/p-2/t2*10-,11-;/m00./s1. The van der Waals surface area contributed by atoms with Crippen molar-refractivity contribution in [1.29, 1.82) is 0 Å². The van der Waals surface area contributed by atoms with Crippen molar-refractivity contribution >= 4 is 35.6 Å². The molecule has 14 N–H and O–H groups in total. The van der Waals surface area contributed by atoms with Gasteiger partial charge in [-0.2, -0.15) is 0 Å². The molecule has 0 aliphatic rings. The third-order valence-electron chi connectivity index (χ3n) is 6.71. The number of carbonyl (C=O) groups is 6. The summed E-state index contributed by atoms with van der Waals surface area (Å²) in [6.07, 6.45) is 8.98. The number of hydrogen-bond donors (Lipinski definition) is 10. The molecule has 273 valence electrons. The predicted octanol–water partition coefficient (Wildman–Crippen LogP) is -6.48. The Morgan fingerprint density at radius 2 is 0.980 bits per heavy atom. The van der Waals surface area contributed by atoms with Crippen LogP contribution in [0.2, 0.25) is 0 Å². The van der Waals surface area contributed by atoms with Crippen LogP contribution in [0.1, 0.15) is 49.9 Å². The van der Waals surface area contributed by atoms with Gasteiger partial charge in [0.05, 0.1) is 61.2 Å². The van der Waals surface area contributed by atoms with Crippen molar-refractivity contribution in [1.82, 2.24) is 41.2 Å². The molecule has 0 saturated heterocycles. The van der Waals surface area contributed by atoms with E-state index in [0.29, 0.717) is 50.2 Å². The molecule has 0 unspecified atom stereocenters. The number of carbonyl (C=O) groups excluding carboxylic acids is 6. The van der Waals surface area contributed by atoms with Gasteiger partial charge in [-0.05, 0) is 51.6 Å². The Kier molecular flexibility index (Phi) is 23.3. The van der Waals surface area contributed by atoms with Crippen LogP contribution in [0.3, 0.4) is 0 Å². The Hall–Kier alpha value is -4.40. The molecule has 2 aromatic rings. The molecule has 2 rings (SSSR count). The van der Waals surface area contributed by atoms with E-state index in [1.165, 1.54) is 12.7 Å². The molecule has 2 aromatic heterocycles. The van der Waals surface area contributed by atoms with Gasteiger partial charge in [-0.1, -0.05) is 0 Å². The number of imidazole rings is 2. The molecule has 0 bridgehead atoms. The number of carboxylic acid groups (broad SMARTS) is 2. The van der Waals surface area contributed by atoms with Crippen molar-refractivity contribution in [3.05, 3.63) is 36.4 Å². The minimum atomic E-state index is -1.39. The fourth-order valence-electron chi connectivity index (χ4n) is 4.18. The first-order valence-corrected chi connectivity index (χ1v) is 15.3. The van der Waals surface area contributed by atoms with Gasteiger partial charge in [0.15, 0.2) is 0 Å². The summed E-state index contributed by atoms with van der Waals surface area (Å²) in [6.45, 7) is 0.291. The first-order chi connectivity index (χ1) is 22.9. The Bertz CT molecular complexity index is 1170. The summed E-state index contributed by atoms with van der Waals surface area (Å²) in [5.41, 5.74) is 22.3. The summed E-state index contributed by atoms with van der Waals surface area (Å²) < 4.78 is 0. The van der Waals surface area contributed by atoms with E-state index in [4.69, 9.17) is 22.9 Å². The summed E-state index contributed by atoms with van der Waals surface area (Å²) in [5.74, 6) is -5.10. The molecule has 0 aliphatic heterocycles. The summed E-state index contributed by atoms with van der Waals surface area (Å²) >= 11 is 0. The van der Waals surface area contributed by atoms with Crippen molar-refractivity contribution in [2.75, 3.05) is 26.2 Å². The number of H-pyrrole nitrogens is 2. The number of amides is 4. The number of aromatic nitrogens is 4. The molecule has 4 amide bonds. The molecule has 0 aliphatic carbocycles. The fourth-order valence-corrected chi connectivity index (χ4v) is 4.18. The third kappa shape index (κ3) is 18.7. The zero-order chi connectivity index (χ0) is 35.9. The molecule has 21 heteroatoms. The van der Waals surface area contributed by atoms with Crippen molar-refractivity contribution in [3.63, 3.8) is 0 Å². The number of rotatable bonds is 22. The van der Waals surface area contributed by atoms with Crippen molar-refractivity contribution in [2.24, 2.45) is 22.9 Å². The van der Waals surface area contributed by atoms with Gasteiger partial charge in [0, 0.05) is 25.2 Å². The molecule has 20 nitrogen and oxygen atoms in total. The molecule has 2 heterocycles. The topological polar surface area (TPSA) is 358 Å². The van der Waals surface area contributed by atoms with Gasteiger partial charge < -0.3 is 74.0 Å². The predicted molar refractivity (Wildman–Crippen MR) is 166 cm³/mol. The average Bonchev–Trinajstić information content (AvgIpc) is 3.78. The van der Waals surface area contributed by atoms with Gasteiger partial charge in [0.1, 0.15) is 12.1 Å². The van der Waals surface area contributed by atoms with Crippen LogP contribution in [0.4, 0.5) is 0 Å². The van der Waals surface area contributed by atoms with E-state index >= 15 is 0 Å². The second-order valence-corrected chi connectivity index (χ2v) is 10.5. The van der Waals surface area contributed by atoms with Gasteiger partial charge >= 0.3 is 17.1 Å². The monoisotopic (exact) mass is 733 g/mol. The summed E-state index contributed by atoms with van der Waals surface area (Å²) in [4.78, 5) is 83.5. The van der Waals surface area contributed by atoms with E-state index in [2.05, 4.69) is 41.2 Å². The van der Waals surface area contributed by atoms with Crippen LogP contribution in [0.15, 0.2) is 25.0 Å². The maximum absolute atomic E-state index is 12.3. The van der Waals surface area contributed by atoms with Crippen LogP contribution in [-0.4, -0.2) is 106 Å². The largest absolute Gasteiger partial charge is 2.00 e. The van der Waals surface area contributed by atoms with Crippen LogP contribution in [0.25, 0.3) is 0 Å². The second-order valence-electron chi connectivity index (χ2n) is 10.5. The van der Waals surface area contributed by atoms with E-state index in [9.17, 15) is 39.0 Å². The van der Waals surface area contributed by atoms with Gasteiger partial charge in [-0.3, -0.25) is 19.2 Å². The minimum Gasteiger partial charge on any atom is -0.548 e. The number of nitrogens with two attached hydrogens (primary N) is 4. The van der Waals surface area contributed by atoms with Crippen LogP contribution >= 0.6 is 0 Å². The molecule has 0 saturated carbocycles. The van der Waals surface area contributed by atoms with Crippen LogP contribution < -0.4 is 54.4 Å². The summed E-state index contributed by atoms with van der Waals surface area (Å²) in [6, 6.07) is -4.28. The molecule has 0 fully saturated rings. The van der Waals surface area contributed by atoms with E-state index in [1.807, 2.05) is 0 Å². The van der Waals surface area contributed by atoms with Crippen molar-refractivity contribution < 1.29 is 56.0 Å². The molecule has 0 spiro atoms. The SMILES string of the molecule is NCCCC[C@H](NC(=O)[C@H](Cc1c[nH]cn1)NC(=O)CN)C(=O)[O-].NCCCC[C@H](NC(=O)[C@H](Cc1c[nH]cn1)NC(=O)CN)C(=O)[O-].[Mn+2]. The smallest absolute Gasteiger partial charge is 0.548 e. The van der Waals surface area contributed by atoms with E-state index in [1.54, 1.807) is 12.4 Å². The first-order valence-electron chi connectivity index (χ1n) is 15.3. The number of nitrogens with one attached hydrogen (secondary N) is 6. The summed E-state index contributed by atoms with van der Waals surface area (Å²) in [7, 11) is 0. The molecule has 1 radical (unpaired) electrons. The fraction of sp³-hybridized carbons (Fsp3) is 0.571. The van der Waals surface area contributed by atoms with Gasteiger partial charge in [0.25, 0.3) is 0 Å². The van der Waals surface area contributed by atoms with Crippen molar-refractivity contribution in [2.45, 2.75) is 75.5 Å². The Morgan fingerprint density at radius 1 is 0.612 bits per heavy atom. The molecular weight excluding hydrogens is 687 g/mol. The van der Waals surface area contributed by atoms with Crippen LogP contribution in [0, 0.1) is 0 Å². The number of unbranched alkanes of at least 4 members (excludes halogenated alkanes) is 2. The third-order valence-corrected chi connectivity index (χ3v) is 6.71. The number of hydrogen-bond acceptors (Lipinski definition) is 14. The maximum Gasteiger partial charge on any atom is 2.00 e. The van der Waals surface area contributed by atoms with E-state index < -0.39 is 59.7 Å². The van der Waals surface area contributed by atoms with Crippen molar-refractivity contribution in [3.8, 4) is 0 Å². The zero-order valence-corrected chi connectivity index (χ0v) is 28.1. The summed E-state index contributed by atoms with van der Waals surface area (Å²) in [5, 5.41) is 32.0. The molecule has 0 aromatic carbocycles. The van der Waals surface area contributed by atoms with Gasteiger partial charge in [-0.25, -0.2) is 9.97 Å². The Morgan fingerprint density at radius 3 is 1.24 bits per heavy atom. The Labute approximate surface area is 293 Å². The van der Waals surface area contributed by atoms with Crippen LogP contribution in [-0.2, 0) is 58.7 Å². The minimum absolute atomic E-state index is 0. The average molecular weight is 734 g/mol. The normalized spacial score (nSPS) is 12.8. The second kappa shape index (κ2) is 25.6. The van der Waals surface area contributed by atoms with E-state index in [-0.39, 0.29) is 55.8 Å². The quantitative estimate of drug-likeness (QED) is 0.0397. The molecular formula is C28H46MnN12O8.